The molecule has 7 nitrogen and oxygen atoms in total. The van der Waals surface area contributed by atoms with Gasteiger partial charge in [-0.25, -0.2) is 17.8 Å². The van der Waals surface area contributed by atoms with Gasteiger partial charge in [0.25, 0.3) is 5.91 Å². The molecule has 1 aliphatic rings. The van der Waals surface area contributed by atoms with E-state index in [1.54, 1.807) is 30.5 Å². The molecule has 2 aromatic carbocycles. The van der Waals surface area contributed by atoms with Crippen molar-refractivity contribution in [2.24, 2.45) is 0 Å². The van der Waals surface area contributed by atoms with E-state index in [2.05, 4.69) is 9.97 Å². The summed E-state index contributed by atoms with van der Waals surface area (Å²) in [4.78, 5) is 24.0. The summed E-state index contributed by atoms with van der Waals surface area (Å²) < 4.78 is 42.9. The van der Waals surface area contributed by atoms with E-state index < -0.39 is 15.8 Å². The number of para-hydroxylation sites is 1. The van der Waals surface area contributed by atoms with E-state index in [4.69, 9.17) is 0 Å². The van der Waals surface area contributed by atoms with Crippen molar-refractivity contribution in [1.29, 1.82) is 0 Å². The number of rotatable bonds is 6. The number of hydrogen-bond donors (Lipinski definition) is 0. The van der Waals surface area contributed by atoms with Crippen LogP contribution in [-0.4, -0.2) is 41.2 Å². The molecule has 1 atom stereocenters. The number of amides is 1. The number of hydrogen-bond acceptors (Lipinski definition) is 6. The summed E-state index contributed by atoms with van der Waals surface area (Å²) in [5.74, 6) is -0.836. The van der Waals surface area contributed by atoms with E-state index in [1.165, 1.54) is 50.9 Å². The van der Waals surface area contributed by atoms with Gasteiger partial charge in [0.15, 0.2) is 5.13 Å². The molecule has 0 N–H and O–H groups in total. The first-order valence-corrected chi connectivity index (χ1v) is 14.0. The number of piperidine rings is 1. The molecule has 36 heavy (non-hydrogen) atoms. The second-order valence-electron chi connectivity index (χ2n) is 8.78. The van der Waals surface area contributed by atoms with Gasteiger partial charge in [0, 0.05) is 24.3 Å². The Hall–Kier alpha value is -3.21. The van der Waals surface area contributed by atoms with Crippen LogP contribution in [0, 0.1) is 5.82 Å². The number of halogens is 1. The fraction of sp³-hybridized carbons (Fsp3) is 0.269. The van der Waals surface area contributed by atoms with Gasteiger partial charge in [0.1, 0.15) is 11.3 Å². The van der Waals surface area contributed by atoms with Crippen LogP contribution in [-0.2, 0) is 16.6 Å². The lowest BCUT2D eigenvalue weighted by Crippen LogP contribution is -2.41. The molecular formula is C26H25FN4O3S2. The van der Waals surface area contributed by atoms with E-state index in [1.807, 2.05) is 13.0 Å². The topological polar surface area (TPSA) is 83.5 Å². The van der Waals surface area contributed by atoms with E-state index in [0.717, 1.165) is 19.3 Å². The average molecular weight is 525 g/mol. The number of nitrogens with zero attached hydrogens (tertiary/aromatic N) is 4. The van der Waals surface area contributed by atoms with Crippen molar-refractivity contribution in [3.8, 4) is 0 Å². The molecule has 4 aromatic rings. The van der Waals surface area contributed by atoms with Gasteiger partial charge < -0.3 is 0 Å². The van der Waals surface area contributed by atoms with Crippen molar-refractivity contribution in [2.75, 3.05) is 11.4 Å². The fourth-order valence-electron chi connectivity index (χ4n) is 4.39. The minimum absolute atomic E-state index is 0.0571. The molecule has 0 spiro atoms. The number of carbonyl (C=O) groups excluding carboxylic acids is 1. The van der Waals surface area contributed by atoms with Gasteiger partial charge in [-0.05, 0) is 68.3 Å². The number of anilines is 1. The van der Waals surface area contributed by atoms with E-state index in [0.29, 0.717) is 27.6 Å². The zero-order valence-electron chi connectivity index (χ0n) is 19.7. The minimum atomic E-state index is -3.65. The van der Waals surface area contributed by atoms with E-state index in [9.17, 15) is 17.6 Å². The predicted molar refractivity (Wildman–Crippen MR) is 138 cm³/mol. The lowest BCUT2D eigenvalue weighted by Gasteiger charge is -2.32. The highest BCUT2D eigenvalue weighted by atomic mass is 32.2. The van der Waals surface area contributed by atoms with Crippen LogP contribution in [0.1, 0.15) is 42.2 Å². The average Bonchev–Trinajstić information content (AvgIpc) is 3.33. The molecular weight excluding hydrogens is 499 g/mol. The Bertz CT molecular complexity index is 1490. The largest absolute Gasteiger partial charge is 0.278 e. The summed E-state index contributed by atoms with van der Waals surface area (Å²) in [6.45, 7) is 2.55. The molecule has 186 valence electrons. The molecule has 1 unspecified atom stereocenters. The van der Waals surface area contributed by atoms with Gasteiger partial charge in [-0.3, -0.25) is 14.7 Å². The van der Waals surface area contributed by atoms with Gasteiger partial charge in [-0.15, -0.1) is 0 Å². The fourth-order valence-corrected chi connectivity index (χ4v) is 7.07. The summed E-state index contributed by atoms with van der Waals surface area (Å²) in [7, 11) is -3.65. The van der Waals surface area contributed by atoms with E-state index >= 15 is 0 Å². The molecule has 1 aliphatic heterocycles. The number of fused-ring (bicyclic) bond motifs is 1. The molecule has 0 aliphatic carbocycles. The molecule has 10 heteroatoms. The molecule has 5 rings (SSSR count). The molecule has 0 radical (unpaired) electrons. The van der Waals surface area contributed by atoms with Gasteiger partial charge in [-0.1, -0.05) is 29.9 Å². The minimum Gasteiger partial charge on any atom is -0.278 e. The first-order chi connectivity index (χ1) is 17.3. The molecule has 1 amide bonds. The maximum Gasteiger partial charge on any atom is 0.260 e. The summed E-state index contributed by atoms with van der Waals surface area (Å²) >= 11 is 1.21. The third-order valence-electron chi connectivity index (χ3n) is 6.33. The molecule has 2 aromatic heterocycles. The summed E-state index contributed by atoms with van der Waals surface area (Å²) in [5.41, 5.74) is 1.15. The number of carbonyl (C=O) groups is 1. The highest BCUT2D eigenvalue weighted by molar-refractivity contribution is 7.89. The molecule has 3 heterocycles. The summed E-state index contributed by atoms with van der Waals surface area (Å²) in [6.07, 6.45) is 4.33. The number of thiazole rings is 1. The number of sulfonamides is 1. The monoisotopic (exact) mass is 524 g/mol. The number of benzene rings is 2. The molecule has 1 saturated heterocycles. The van der Waals surface area contributed by atoms with Crippen molar-refractivity contribution in [3.05, 3.63) is 83.9 Å². The Balaban J connectivity index is 1.48. The van der Waals surface area contributed by atoms with Crippen LogP contribution in [0.25, 0.3) is 10.2 Å². The smallest absolute Gasteiger partial charge is 0.260 e. The third-order valence-corrected chi connectivity index (χ3v) is 9.40. The van der Waals surface area contributed by atoms with E-state index in [-0.39, 0.29) is 28.9 Å². The number of pyridine rings is 1. The maximum atomic E-state index is 14.3. The van der Waals surface area contributed by atoms with Crippen LogP contribution in [0.4, 0.5) is 9.52 Å². The Morgan fingerprint density at radius 1 is 1.11 bits per heavy atom. The zero-order valence-corrected chi connectivity index (χ0v) is 21.3. The normalized spacial score (nSPS) is 16.8. The Morgan fingerprint density at radius 2 is 1.92 bits per heavy atom. The summed E-state index contributed by atoms with van der Waals surface area (Å²) in [6, 6.07) is 16.0. The Labute approximate surface area is 213 Å². The van der Waals surface area contributed by atoms with Crippen LogP contribution in [0.2, 0.25) is 0 Å². The zero-order chi connectivity index (χ0) is 25.3. The second kappa shape index (κ2) is 10.0. The standard InChI is InChI=1S/C26H25FN4O3S2/c1-18-7-3-5-16-31(18)36(33,34)21-13-11-19(12-14-21)25(32)30(17-20-8-2-4-15-28-20)26-29-24-22(27)9-6-10-23(24)35-26/h2,4,6,8-15,18H,3,5,7,16-17H2,1H3. The maximum absolute atomic E-state index is 14.3. The van der Waals surface area contributed by atoms with Crippen molar-refractivity contribution in [2.45, 2.75) is 43.7 Å². The van der Waals surface area contributed by atoms with Crippen LogP contribution < -0.4 is 4.90 Å². The first-order valence-electron chi connectivity index (χ1n) is 11.7. The SMILES string of the molecule is CC1CCCCN1S(=O)(=O)c1ccc(C(=O)N(Cc2ccccn2)c2nc3c(F)cccc3s2)cc1. The Kier molecular flexibility index (Phi) is 6.83. The number of aromatic nitrogens is 2. The van der Waals surface area contributed by atoms with Crippen LogP contribution in [0.15, 0.2) is 71.8 Å². The van der Waals surface area contributed by atoms with Crippen LogP contribution in [0.5, 0.6) is 0 Å². The molecule has 0 bridgehead atoms. The summed E-state index contributed by atoms with van der Waals surface area (Å²) in [5, 5.41) is 0.338. The predicted octanol–water partition coefficient (Wildman–Crippen LogP) is 5.24. The Morgan fingerprint density at radius 3 is 2.61 bits per heavy atom. The first kappa shape index (κ1) is 24.5. The van der Waals surface area contributed by atoms with Gasteiger partial charge in [0.2, 0.25) is 10.0 Å². The van der Waals surface area contributed by atoms with Crippen molar-refractivity contribution in [1.82, 2.24) is 14.3 Å². The molecule has 1 fully saturated rings. The highest BCUT2D eigenvalue weighted by Crippen LogP contribution is 2.32. The van der Waals surface area contributed by atoms with Gasteiger partial charge in [0.05, 0.1) is 21.8 Å². The molecule has 0 saturated carbocycles. The highest BCUT2D eigenvalue weighted by Gasteiger charge is 2.31. The lowest BCUT2D eigenvalue weighted by atomic mass is 10.1. The van der Waals surface area contributed by atoms with Gasteiger partial charge in [-0.2, -0.15) is 4.31 Å². The van der Waals surface area contributed by atoms with Crippen molar-refractivity contribution >= 4 is 42.6 Å². The second-order valence-corrected chi connectivity index (χ2v) is 11.7. The lowest BCUT2D eigenvalue weighted by molar-refractivity contribution is 0.0984. The van der Waals surface area contributed by atoms with Crippen LogP contribution >= 0.6 is 11.3 Å². The van der Waals surface area contributed by atoms with Gasteiger partial charge >= 0.3 is 0 Å². The third kappa shape index (κ3) is 4.76. The van der Waals surface area contributed by atoms with Crippen molar-refractivity contribution < 1.29 is 17.6 Å². The van der Waals surface area contributed by atoms with Crippen LogP contribution in [0.3, 0.4) is 0 Å². The van der Waals surface area contributed by atoms with Crippen molar-refractivity contribution in [3.63, 3.8) is 0 Å². The quantitative estimate of drug-likeness (QED) is 0.344.